The molecule has 0 bridgehead atoms. The second-order valence-electron chi connectivity index (χ2n) is 6.74. The molecule has 1 N–H and O–H groups in total. The Morgan fingerprint density at radius 2 is 2.00 bits per heavy atom. The zero-order valence-electron chi connectivity index (χ0n) is 14.1. The van der Waals surface area contributed by atoms with Crippen molar-refractivity contribution in [1.82, 2.24) is 25.0 Å². The van der Waals surface area contributed by atoms with Gasteiger partial charge in [-0.05, 0) is 25.9 Å². The van der Waals surface area contributed by atoms with Gasteiger partial charge >= 0.3 is 0 Å². The quantitative estimate of drug-likeness (QED) is 0.671. The molecule has 0 saturated carbocycles. The van der Waals surface area contributed by atoms with Crippen LogP contribution in [-0.2, 0) is 19.6 Å². The number of nitrogens with zero attached hydrogens (tertiary/aromatic N) is 5. The van der Waals surface area contributed by atoms with Crippen LogP contribution in [0.5, 0.6) is 0 Å². The van der Waals surface area contributed by atoms with E-state index in [0.717, 1.165) is 62.8 Å². The molecule has 4 rings (SSSR count). The molecule has 8 nitrogen and oxygen atoms in total. The van der Waals surface area contributed by atoms with Gasteiger partial charge in [0.25, 0.3) is 5.69 Å². The van der Waals surface area contributed by atoms with E-state index in [2.05, 4.69) is 25.0 Å². The van der Waals surface area contributed by atoms with Crippen LogP contribution in [0.3, 0.4) is 0 Å². The van der Waals surface area contributed by atoms with Crippen LogP contribution < -0.4 is 5.32 Å². The van der Waals surface area contributed by atoms with E-state index >= 15 is 0 Å². The molecular weight excluding hydrogens is 320 g/mol. The molecular formula is C17H22N6O2. The van der Waals surface area contributed by atoms with Gasteiger partial charge < -0.3 is 9.88 Å². The van der Waals surface area contributed by atoms with Gasteiger partial charge in [0, 0.05) is 37.2 Å². The average molecular weight is 342 g/mol. The maximum Gasteiger partial charge on any atom is 0.273 e. The number of fused-ring (bicyclic) bond motifs is 1. The van der Waals surface area contributed by atoms with Crippen molar-refractivity contribution in [1.29, 1.82) is 0 Å². The first-order valence-corrected chi connectivity index (χ1v) is 8.79. The van der Waals surface area contributed by atoms with Gasteiger partial charge in [0.05, 0.1) is 11.5 Å². The van der Waals surface area contributed by atoms with Crippen molar-refractivity contribution in [2.75, 3.05) is 19.6 Å². The molecule has 25 heavy (non-hydrogen) atoms. The summed E-state index contributed by atoms with van der Waals surface area (Å²) in [7, 11) is 0. The molecule has 0 unspecified atom stereocenters. The fourth-order valence-electron chi connectivity index (χ4n) is 3.83. The standard InChI is InChI=1S/C17H22N6O2/c24-23(25)15-4-2-1-3-14(15)12-21-8-5-13(6-9-21)17-20-19-16-11-18-7-10-22(16)17/h1-4,13,18H,5-12H2. The average Bonchev–Trinajstić information content (AvgIpc) is 3.07. The van der Waals surface area contributed by atoms with Crippen LogP contribution in [0.25, 0.3) is 0 Å². The summed E-state index contributed by atoms with van der Waals surface area (Å²) in [4.78, 5) is 13.2. The summed E-state index contributed by atoms with van der Waals surface area (Å²) in [5, 5.41) is 23.2. The molecule has 1 saturated heterocycles. The second kappa shape index (κ2) is 6.89. The number of nitro groups is 1. The van der Waals surface area contributed by atoms with Crippen LogP contribution >= 0.6 is 0 Å². The summed E-state index contributed by atoms with van der Waals surface area (Å²) >= 11 is 0. The molecule has 0 aliphatic carbocycles. The van der Waals surface area contributed by atoms with E-state index in [1.165, 1.54) is 0 Å². The van der Waals surface area contributed by atoms with Crippen molar-refractivity contribution in [3.63, 3.8) is 0 Å². The van der Waals surface area contributed by atoms with Gasteiger partial charge in [0.1, 0.15) is 11.6 Å². The number of para-hydroxylation sites is 1. The number of nitro benzene ring substituents is 1. The van der Waals surface area contributed by atoms with Crippen LogP contribution in [0.1, 0.15) is 36.0 Å². The second-order valence-corrected chi connectivity index (χ2v) is 6.74. The Kier molecular flexibility index (Phi) is 4.46. The topological polar surface area (TPSA) is 89.1 Å². The Hall–Kier alpha value is -2.32. The van der Waals surface area contributed by atoms with Crippen LogP contribution in [0.4, 0.5) is 5.69 Å². The lowest BCUT2D eigenvalue weighted by Crippen LogP contribution is -2.34. The summed E-state index contributed by atoms with van der Waals surface area (Å²) in [5.41, 5.74) is 1.00. The minimum absolute atomic E-state index is 0.212. The first-order valence-electron chi connectivity index (χ1n) is 8.79. The lowest BCUT2D eigenvalue weighted by atomic mass is 9.95. The van der Waals surface area contributed by atoms with Crippen LogP contribution in [-0.4, -0.2) is 44.2 Å². The van der Waals surface area contributed by atoms with Crippen molar-refractivity contribution < 1.29 is 4.92 Å². The molecule has 0 amide bonds. The Balaban J connectivity index is 1.41. The third kappa shape index (κ3) is 3.27. The number of hydrogen-bond acceptors (Lipinski definition) is 6. The highest BCUT2D eigenvalue weighted by Gasteiger charge is 2.27. The predicted molar refractivity (Wildman–Crippen MR) is 92.1 cm³/mol. The van der Waals surface area contributed by atoms with Crippen molar-refractivity contribution in [2.24, 2.45) is 0 Å². The fraction of sp³-hybridized carbons (Fsp3) is 0.529. The molecule has 132 valence electrons. The smallest absolute Gasteiger partial charge is 0.273 e. The summed E-state index contributed by atoms with van der Waals surface area (Å²) in [6, 6.07) is 7.02. The summed E-state index contributed by atoms with van der Waals surface area (Å²) < 4.78 is 2.26. The van der Waals surface area contributed by atoms with E-state index in [0.29, 0.717) is 12.5 Å². The normalized spacial score (nSPS) is 18.9. The highest BCUT2D eigenvalue weighted by atomic mass is 16.6. The largest absolute Gasteiger partial charge is 0.312 e. The number of hydrogen-bond donors (Lipinski definition) is 1. The molecule has 3 heterocycles. The molecule has 0 atom stereocenters. The minimum atomic E-state index is -0.293. The Labute approximate surface area is 146 Å². The predicted octanol–water partition coefficient (Wildman–Crippen LogP) is 1.67. The van der Waals surface area contributed by atoms with E-state index in [4.69, 9.17) is 0 Å². The summed E-state index contributed by atoms with van der Waals surface area (Å²) in [6.45, 7) is 5.19. The molecule has 0 radical (unpaired) electrons. The van der Waals surface area contributed by atoms with Crippen LogP contribution in [0.15, 0.2) is 24.3 Å². The third-order valence-corrected chi connectivity index (χ3v) is 5.19. The molecule has 2 aromatic rings. The number of nitrogens with one attached hydrogen (secondary N) is 1. The summed E-state index contributed by atoms with van der Waals surface area (Å²) in [5.74, 6) is 2.58. The van der Waals surface area contributed by atoms with Crippen molar-refractivity contribution in [3.05, 3.63) is 51.6 Å². The molecule has 1 aromatic carbocycles. The Bertz CT molecular complexity index is 766. The van der Waals surface area contributed by atoms with Crippen molar-refractivity contribution in [2.45, 2.75) is 38.4 Å². The van der Waals surface area contributed by atoms with E-state index in [1.807, 2.05) is 12.1 Å². The van der Waals surface area contributed by atoms with Gasteiger partial charge in [-0.25, -0.2) is 0 Å². The van der Waals surface area contributed by atoms with Gasteiger partial charge in [-0.3, -0.25) is 15.0 Å². The highest BCUT2D eigenvalue weighted by molar-refractivity contribution is 5.39. The van der Waals surface area contributed by atoms with E-state index in [-0.39, 0.29) is 10.6 Å². The Morgan fingerprint density at radius 1 is 1.20 bits per heavy atom. The fourth-order valence-corrected chi connectivity index (χ4v) is 3.83. The van der Waals surface area contributed by atoms with Crippen molar-refractivity contribution >= 4 is 5.69 Å². The monoisotopic (exact) mass is 342 g/mol. The molecule has 2 aliphatic rings. The van der Waals surface area contributed by atoms with Crippen LogP contribution in [0.2, 0.25) is 0 Å². The zero-order chi connectivity index (χ0) is 17.2. The van der Waals surface area contributed by atoms with Gasteiger partial charge in [0.2, 0.25) is 0 Å². The first kappa shape index (κ1) is 16.2. The third-order valence-electron chi connectivity index (χ3n) is 5.19. The van der Waals surface area contributed by atoms with Gasteiger partial charge in [0.15, 0.2) is 0 Å². The van der Waals surface area contributed by atoms with E-state index in [9.17, 15) is 10.1 Å². The zero-order valence-corrected chi connectivity index (χ0v) is 14.1. The lowest BCUT2D eigenvalue weighted by molar-refractivity contribution is -0.385. The molecule has 2 aliphatic heterocycles. The lowest BCUT2D eigenvalue weighted by Gasteiger charge is -2.32. The molecule has 8 heteroatoms. The minimum Gasteiger partial charge on any atom is -0.312 e. The number of benzene rings is 1. The summed E-state index contributed by atoms with van der Waals surface area (Å²) in [6.07, 6.45) is 2.04. The number of aromatic nitrogens is 3. The molecule has 0 spiro atoms. The van der Waals surface area contributed by atoms with E-state index in [1.54, 1.807) is 12.1 Å². The van der Waals surface area contributed by atoms with Gasteiger partial charge in [-0.1, -0.05) is 18.2 Å². The first-order chi connectivity index (χ1) is 12.2. The maximum absolute atomic E-state index is 11.2. The van der Waals surface area contributed by atoms with Gasteiger partial charge in [-0.15, -0.1) is 10.2 Å². The molecule has 1 aromatic heterocycles. The number of rotatable bonds is 4. The number of piperidine rings is 1. The highest BCUT2D eigenvalue weighted by Crippen LogP contribution is 2.29. The van der Waals surface area contributed by atoms with Crippen molar-refractivity contribution in [3.8, 4) is 0 Å². The Morgan fingerprint density at radius 3 is 2.80 bits per heavy atom. The number of likely N-dealkylation sites (tertiary alicyclic amines) is 1. The maximum atomic E-state index is 11.2. The van der Waals surface area contributed by atoms with Gasteiger partial charge in [-0.2, -0.15) is 0 Å². The van der Waals surface area contributed by atoms with Crippen LogP contribution in [0, 0.1) is 10.1 Å². The SMILES string of the molecule is O=[N+]([O-])c1ccccc1CN1CCC(c2nnc3n2CCNC3)CC1. The van der Waals surface area contributed by atoms with E-state index < -0.39 is 0 Å². The molecule has 1 fully saturated rings.